The van der Waals surface area contributed by atoms with E-state index in [0.29, 0.717) is 16.8 Å². The number of carbonyl (C=O) groups is 3. The third-order valence-corrected chi connectivity index (χ3v) is 6.68. The van der Waals surface area contributed by atoms with Gasteiger partial charge in [-0.05, 0) is 81.0 Å². The molecule has 0 radical (unpaired) electrons. The van der Waals surface area contributed by atoms with Crippen molar-refractivity contribution < 1.29 is 24.2 Å². The fourth-order valence-corrected chi connectivity index (χ4v) is 4.51. The molecule has 2 atom stereocenters. The highest BCUT2D eigenvalue weighted by molar-refractivity contribution is 6.00. The van der Waals surface area contributed by atoms with E-state index in [1.54, 1.807) is 45.0 Å². The molecule has 0 saturated carbocycles. The van der Waals surface area contributed by atoms with Gasteiger partial charge in [0.2, 0.25) is 0 Å². The van der Waals surface area contributed by atoms with Crippen LogP contribution in [0.5, 0.6) is 5.75 Å². The number of amides is 3. The van der Waals surface area contributed by atoms with E-state index in [0.717, 1.165) is 28.0 Å². The van der Waals surface area contributed by atoms with Crippen LogP contribution in [-0.2, 0) is 27.2 Å². The summed E-state index contributed by atoms with van der Waals surface area (Å²) in [4.78, 5) is 42.0. The number of hydrogen-bond acceptors (Lipinski definition) is 5. The molecule has 3 aromatic carbocycles. The topological polar surface area (TPSA) is 108 Å². The molecule has 42 heavy (non-hydrogen) atoms. The van der Waals surface area contributed by atoms with E-state index in [2.05, 4.69) is 16.7 Å². The maximum atomic E-state index is 14.2. The van der Waals surface area contributed by atoms with Gasteiger partial charge >= 0.3 is 6.09 Å². The Morgan fingerprint density at radius 3 is 2.05 bits per heavy atom. The average molecular weight is 570 g/mol. The number of terminal acetylenes is 1. The highest BCUT2D eigenvalue weighted by atomic mass is 16.6. The van der Waals surface area contributed by atoms with Crippen LogP contribution in [0.15, 0.2) is 66.7 Å². The molecule has 0 bridgehead atoms. The molecular weight excluding hydrogens is 530 g/mol. The maximum Gasteiger partial charge on any atom is 0.408 e. The van der Waals surface area contributed by atoms with Gasteiger partial charge in [0, 0.05) is 18.2 Å². The Labute approximate surface area is 248 Å². The number of nitrogens with zero attached hydrogens (tertiary/aromatic N) is 1. The maximum absolute atomic E-state index is 14.2. The van der Waals surface area contributed by atoms with E-state index < -0.39 is 35.6 Å². The normalized spacial score (nSPS) is 12.4. The molecule has 0 fully saturated rings. The summed E-state index contributed by atoms with van der Waals surface area (Å²) < 4.78 is 5.42. The number of nitrogens with one attached hydrogen (secondary N) is 2. The summed E-state index contributed by atoms with van der Waals surface area (Å²) in [5, 5.41) is 15.3. The molecular formula is C34H39N3O5. The molecule has 0 aliphatic rings. The zero-order chi connectivity index (χ0) is 31.0. The summed E-state index contributed by atoms with van der Waals surface area (Å²) in [5.74, 6) is -1.10. The quantitative estimate of drug-likeness (QED) is 0.223. The van der Waals surface area contributed by atoms with Gasteiger partial charge in [0.05, 0.1) is 0 Å². The van der Waals surface area contributed by atoms with E-state index in [9.17, 15) is 19.5 Å². The summed E-state index contributed by atoms with van der Waals surface area (Å²) in [6.07, 6.45) is 5.97. The van der Waals surface area contributed by atoms with Crippen molar-refractivity contribution in [3.05, 3.63) is 94.5 Å². The molecule has 3 aromatic rings. The van der Waals surface area contributed by atoms with Crippen molar-refractivity contribution in [2.75, 3.05) is 5.32 Å². The second kappa shape index (κ2) is 13.7. The van der Waals surface area contributed by atoms with Gasteiger partial charge in [-0.15, -0.1) is 0 Å². The highest BCUT2D eigenvalue weighted by Crippen LogP contribution is 2.27. The number of phenolic OH excluding ortho intramolecular Hbond substituents is 1. The van der Waals surface area contributed by atoms with E-state index in [1.807, 2.05) is 51.1 Å². The Bertz CT molecular complexity index is 1430. The highest BCUT2D eigenvalue weighted by Gasteiger charge is 2.36. The molecule has 0 spiro atoms. The van der Waals surface area contributed by atoms with Crippen LogP contribution in [0.25, 0.3) is 0 Å². The molecule has 0 aliphatic carbocycles. The Morgan fingerprint density at radius 2 is 1.52 bits per heavy atom. The molecule has 3 rings (SSSR count). The van der Waals surface area contributed by atoms with Gasteiger partial charge in [-0.3, -0.25) is 14.5 Å². The van der Waals surface area contributed by atoms with Gasteiger partial charge < -0.3 is 20.5 Å². The predicted molar refractivity (Wildman–Crippen MR) is 164 cm³/mol. The van der Waals surface area contributed by atoms with Gasteiger partial charge in [-0.25, -0.2) is 4.79 Å². The summed E-state index contributed by atoms with van der Waals surface area (Å²) >= 11 is 0. The number of aryl methyl sites for hydroxylation is 3. The molecule has 3 N–H and O–H groups in total. The molecule has 0 heterocycles. The van der Waals surface area contributed by atoms with E-state index in [1.165, 1.54) is 12.1 Å². The predicted octanol–water partition coefficient (Wildman–Crippen LogP) is 5.81. The standard InChI is InChI=1S/C34H39N3O5/c1-8-24-13-17-26(18-14-24)30(31(39)36-29-22(3)11-10-12-23(29)4)37(9-2)32(40)28(35-33(41)42-34(5,6)7)21-25-15-19-27(38)20-16-25/h2,10-20,28,30,38H,8,21H2,1,3-7H3,(H,35,41)(H,36,39). The Hall–Kier alpha value is -4.77. The van der Waals surface area contributed by atoms with Crippen LogP contribution in [0.2, 0.25) is 0 Å². The van der Waals surface area contributed by atoms with Crippen LogP contribution in [0.4, 0.5) is 10.5 Å². The summed E-state index contributed by atoms with van der Waals surface area (Å²) in [5.41, 5.74) is 3.78. The minimum absolute atomic E-state index is 0.0382. The lowest BCUT2D eigenvalue weighted by Gasteiger charge is -2.31. The fraction of sp³-hybridized carbons (Fsp3) is 0.324. The third kappa shape index (κ3) is 8.37. The fourth-order valence-electron chi connectivity index (χ4n) is 4.51. The van der Waals surface area contributed by atoms with Crippen molar-refractivity contribution in [2.24, 2.45) is 0 Å². The first-order chi connectivity index (χ1) is 19.8. The Morgan fingerprint density at radius 1 is 0.952 bits per heavy atom. The lowest BCUT2D eigenvalue weighted by atomic mass is 9.99. The van der Waals surface area contributed by atoms with Crippen molar-refractivity contribution in [3.63, 3.8) is 0 Å². The van der Waals surface area contributed by atoms with Crippen LogP contribution in [0, 0.1) is 26.3 Å². The van der Waals surface area contributed by atoms with Crippen LogP contribution in [0.3, 0.4) is 0 Å². The molecule has 3 amide bonds. The van der Waals surface area contributed by atoms with Gasteiger partial charge in [0.1, 0.15) is 23.4 Å². The third-order valence-electron chi connectivity index (χ3n) is 6.68. The number of anilines is 1. The first-order valence-electron chi connectivity index (χ1n) is 13.9. The molecule has 220 valence electrons. The van der Waals surface area contributed by atoms with Gasteiger partial charge in [-0.1, -0.05) is 67.9 Å². The van der Waals surface area contributed by atoms with E-state index >= 15 is 0 Å². The largest absolute Gasteiger partial charge is 0.508 e. The Balaban J connectivity index is 2.05. The number of rotatable bonds is 9. The molecule has 8 nitrogen and oxygen atoms in total. The number of phenols is 1. The van der Waals surface area contributed by atoms with Crippen molar-refractivity contribution >= 4 is 23.6 Å². The molecule has 0 saturated heterocycles. The van der Waals surface area contributed by atoms with Crippen molar-refractivity contribution in [2.45, 2.75) is 72.1 Å². The van der Waals surface area contributed by atoms with E-state index in [4.69, 9.17) is 11.2 Å². The lowest BCUT2D eigenvalue weighted by Crippen LogP contribution is -2.51. The number of carbonyl (C=O) groups excluding carboxylic acids is 3. The van der Waals surface area contributed by atoms with Crippen LogP contribution >= 0.6 is 0 Å². The average Bonchev–Trinajstić information content (AvgIpc) is 2.93. The zero-order valence-electron chi connectivity index (χ0n) is 25.0. The first kappa shape index (κ1) is 31.8. The SMILES string of the molecule is C#CN(C(=O)C(Cc1ccc(O)cc1)NC(=O)OC(C)(C)C)C(C(=O)Nc1c(C)cccc1C)c1ccc(CC)cc1. The Kier molecular flexibility index (Phi) is 10.4. The number of para-hydroxylation sites is 1. The second-order valence-corrected chi connectivity index (χ2v) is 11.2. The number of aromatic hydroxyl groups is 1. The van der Waals surface area contributed by atoms with Gasteiger partial charge in [-0.2, -0.15) is 0 Å². The zero-order valence-corrected chi connectivity index (χ0v) is 25.0. The minimum Gasteiger partial charge on any atom is -0.508 e. The number of benzene rings is 3. The van der Waals surface area contributed by atoms with Crippen molar-refractivity contribution in [3.8, 4) is 18.2 Å². The molecule has 8 heteroatoms. The van der Waals surface area contributed by atoms with Gasteiger partial charge in [0.25, 0.3) is 11.8 Å². The van der Waals surface area contributed by atoms with Crippen molar-refractivity contribution in [1.29, 1.82) is 0 Å². The van der Waals surface area contributed by atoms with Crippen LogP contribution in [-0.4, -0.2) is 39.6 Å². The van der Waals surface area contributed by atoms with Crippen LogP contribution in [0.1, 0.15) is 61.6 Å². The number of ether oxygens (including phenoxy) is 1. The molecule has 0 aliphatic heterocycles. The molecule has 2 unspecified atom stereocenters. The van der Waals surface area contributed by atoms with Gasteiger partial charge in [0.15, 0.2) is 0 Å². The van der Waals surface area contributed by atoms with Crippen LogP contribution < -0.4 is 10.6 Å². The summed E-state index contributed by atoms with van der Waals surface area (Å²) in [7, 11) is 0. The summed E-state index contributed by atoms with van der Waals surface area (Å²) in [6.45, 7) is 10.9. The van der Waals surface area contributed by atoms with Crippen molar-refractivity contribution in [1.82, 2.24) is 10.2 Å². The number of alkyl carbamates (subject to hydrolysis) is 1. The smallest absolute Gasteiger partial charge is 0.408 e. The molecule has 0 aromatic heterocycles. The second-order valence-electron chi connectivity index (χ2n) is 11.2. The monoisotopic (exact) mass is 569 g/mol. The minimum atomic E-state index is -1.20. The summed E-state index contributed by atoms with van der Waals surface area (Å²) in [6, 6.07) is 19.3. The number of hydrogen-bond donors (Lipinski definition) is 3. The van der Waals surface area contributed by atoms with E-state index in [-0.39, 0.29) is 12.2 Å². The first-order valence-corrected chi connectivity index (χ1v) is 13.9. The lowest BCUT2D eigenvalue weighted by molar-refractivity contribution is -0.136.